The number of aromatic amines is 1. The van der Waals surface area contributed by atoms with Crippen LogP contribution in [-0.2, 0) is 6.42 Å². The summed E-state index contributed by atoms with van der Waals surface area (Å²) in [5.74, 6) is 1.56. The van der Waals surface area contributed by atoms with Crippen molar-refractivity contribution in [2.24, 2.45) is 0 Å². The van der Waals surface area contributed by atoms with E-state index in [1.807, 2.05) is 43.3 Å². The van der Waals surface area contributed by atoms with Crippen LogP contribution in [0.1, 0.15) is 21.6 Å². The highest BCUT2D eigenvalue weighted by molar-refractivity contribution is 7.09. The first-order valence-electron chi connectivity index (χ1n) is 7.27. The van der Waals surface area contributed by atoms with Crippen LogP contribution in [0.25, 0.3) is 0 Å². The quantitative estimate of drug-likeness (QED) is 0.757. The van der Waals surface area contributed by atoms with E-state index < -0.39 is 0 Å². The second-order valence-electron chi connectivity index (χ2n) is 5.41. The number of rotatable bonds is 4. The molecule has 0 spiro atoms. The van der Waals surface area contributed by atoms with Crippen LogP contribution in [0.5, 0.6) is 17.4 Å². The molecule has 0 saturated carbocycles. The van der Waals surface area contributed by atoms with Crippen LogP contribution in [-0.4, -0.2) is 10.1 Å². The van der Waals surface area contributed by atoms with Crippen molar-refractivity contribution in [2.75, 3.05) is 0 Å². The number of hydrogen-bond donors (Lipinski definition) is 2. The van der Waals surface area contributed by atoms with Gasteiger partial charge in [0.05, 0.1) is 4.88 Å². The van der Waals surface area contributed by atoms with Crippen LogP contribution in [0.15, 0.2) is 47.3 Å². The molecular weight excluding hydrogens is 310 g/mol. The van der Waals surface area contributed by atoms with Crippen molar-refractivity contribution in [1.82, 2.24) is 4.98 Å². The van der Waals surface area contributed by atoms with E-state index >= 15 is 0 Å². The number of aromatic hydroxyl groups is 1. The third kappa shape index (κ3) is 3.46. The van der Waals surface area contributed by atoms with Gasteiger partial charge in [0.15, 0.2) is 0 Å². The highest BCUT2D eigenvalue weighted by Crippen LogP contribution is 2.28. The van der Waals surface area contributed by atoms with E-state index in [1.165, 1.54) is 5.56 Å². The van der Waals surface area contributed by atoms with Gasteiger partial charge in [-0.05, 0) is 48.7 Å². The summed E-state index contributed by atoms with van der Waals surface area (Å²) in [6.45, 7) is 4.09. The molecule has 3 aromatic rings. The van der Waals surface area contributed by atoms with Gasteiger partial charge in [0.1, 0.15) is 11.5 Å². The number of hydrogen-bond acceptors (Lipinski definition) is 4. The van der Waals surface area contributed by atoms with Gasteiger partial charge in [0.2, 0.25) is 5.88 Å². The first kappa shape index (κ1) is 15.4. The molecule has 118 valence electrons. The average Bonchev–Trinajstić information content (AvgIpc) is 2.83. The largest absolute Gasteiger partial charge is 0.494 e. The third-order valence-corrected chi connectivity index (χ3v) is 4.64. The van der Waals surface area contributed by atoms with Crippen LogP contribution in [0.3, 0.4) is 0 Å². The van der Waals surface area contributed by atoms with E-state index in [0.717, 1.165) is 34.0 Å². The Bertz CT molecular complexity index is 878. The Kier molecular flexibility index (Phi) is 4.21. The van der Waals surface area contributed by atoms with Crippen molar-refractivity contribution in [2.45, 2.75) is 20.3 Å². The lowest BCUT2D eigenvalue weighted by Gasteiger charge is -2.11. The number of aromatic nitrogens is 1. The molecule has 0 unspecified atom stereocenters. The number of thiazole rings is 1. The normalized spacial score (nSPS) is 10.7. The summed E-state index contributed by atoms with van der Waals surface area (Å²) in [6.07, 6.45) is 0.513. The fraction of sp³-hybridized carbons (Fsp3) is 0.167. The molecule has 0 saturated heterocycles. The Hall–Kier alpha value is -2.53. The van der Waals surface area contributed by atoms with Gasteiger partial charge >= 0.3 is 4.87 Å². The van der Waals surface area contributed by atoms with E-state index in [9.17, 15) is 9.90 Å². The van der Waals surface area contributed by atoms with E-state index in [2.05, 4.69) is 18.0 Å². The number of benzene rings is 2. The summed E-state index contributed by atoms with van der Waals surface area (Å²) < 4.78 is 5.92. The zero-order chi connectivity index (χ0) is 16.4. The summed E-state index contributed by atoms with van der Waals surface area (Å²) in [4.78, 5) is 14.0. The molecule has 0 aliphatic heterocycles. The summed E-state index contributed by atoms with van der Waals surface area (Å²) in [5.41, 5.74) is 3.32. The van der Waals surface area contributed by atoms with Crippen molar-refractivity contribution in [3.63, 3.8) is 0 Å². The Labute approximate surface area is 138 Å². The van der Waals surface area contributed by atoms with E-state index in [1.54, 1.807) is 0 Å². The van der Waals surface area contributed by atoms with Gasteiger partial charge in [-0.1, -0.05) is 35.6 Å². The smallest absolute Gasteiger partial charge is 0.307 e. The molecule has 2 N–H and O–H groups in total. The average molecular weight is 327 g/mol. The highest BCUT2D eigenvalue weighted by atomic mass is 32.1. The minimum atomic E-state index is -0.243. The molecule has 0 atom stereocenters. The highest BCUT2D eigenvalue weighted by Gasteiger charge is 2.08. The predicted molar refractivity (Wildman–Crippen MR) is 91.8 cm³/mol. The van der Waals surface area contributed by atoms with Crippen LogP contribution < -0.4 is 9.61 Å². The van der Waals surface area contributed by atoms with Crippen LogP contribution in [0.2, 0.25) is 0 Å². The van der Waals surface area contributed by atoms with E-state index in [-0.39, 0.29) is 10.8 Å². The molecule has 2 aromatic carbocycles. The van der Waals surface area contributed by atoms with Gasteiger partial charge in [-0.25, -0.2) is 0 Å². The molecular formula is C18H17NO3S. The lowest BCUT2D eigenvalue weighted by atomic mass is 10.1. The molecule has 4 nitrogen and oxygen atoms in total. The standard InChI is InChI=1S/C18H17NO3S/c1-11-4-3-5-15(12(11)2)22-14-8-6-13(7-9-14)10-16-17(20)19-18(21)23-16/h3-9,20H,10H2,1-2H3,(H,19,21). The minimum Gasteiger partial charge on any atom is -0.494 e. The van der Waals surface area contributed by atoms with Gasteiger partial charge in [-0.3, -0.25) is 9.78 Å². The topological polar surface area (TPSA) is 62.3 Å². The Morgan fingerprint density at radius 2 is 1.87 bits per heavy atom. The van der Waals surface area contributed by atoms with Crippen LogP contribution in [0, 0.1) is 13.8 Å². The molecule has 0 aliphatic carbocycles. The Balaban J connectivity index is 1.76. The molecule has 0 radical (unpaired) electrons. The van der Waals surface area contributed by atoms with Crippen LogP contribution in [0.4, 0.5) is 0 Å². The Morgan fingerprint density at radius 3 is 2.52 bits per heavy atom. The summed E-state index contributed by atoms with van der Waals surface area (Å²) in [6, 6.07) is 13.6. The van der Waals surface area contributed by atoms with Gasteiger partial charge in [-0.15, -0.1) is 0 Å². The zero-order valence-electron chi connectivity index (χ0n) is 12.9. The maximum absolute atomic E-state index is 11.2. The first-order valence-corrected chi connectivity index (χ1v) is 8.08. The summed E-state index contributed by atoms with van der Waals surface area (Å²) in [5, 5.41) is 9.63. The zero-order valence-corrected chi connectivity index (χ0v) is 13.7. The van der Waals surface area contributed by atoms with Gasteiger partial charge in [0.25, 0.3) is 0 Å². The van der Waals surface area contributed by atoms with Gasteiger partial charge < -0.3 is 9.84 Å². The lowest BCUT2D eigenvalue weighted by Crippen LogP contribution is -1.91. The predicted octanol–water partition coefficient (Wildman–Crippen LogP) is 4.14. The van der Waals surface area contributed by atoms with Crippen molar-refractivity contribution in [3.8, 4) is 17.4 Å². The monoisotopic (exact) mass is 327 g/mol. The first-order chi connectivity index (χ1) is 11.0. The number of H-pyrrole nitrogens is 1. The van der Waals surface area contributed by atoms with Crippen molar-refractivity contribution in [1.29, 1.82) is 0 Å². The van der Waals surface area contributed by atoms with Gasteiger partial charge in [-0.2, -0.15) is 0 Å². The molecule has 0 fully saturated rings. The number of ether oxygens (including phenoxy) is 1. The molecule has 5 heteroatoms. The second-order valence-corrected chi connectivity index (χ2v) is 6.47. The van der Waals surface area contributed by atoms with Crippen molar-refractivity contribution >= 4 is 11.3 Å². The van der Waals surface area contributed by atoms with Crippen molar-refractivity contribution < 1.29 is 9.84 Å². The Morgan fingerprint density at radius 1 is 1.13 bits per heavy atom. The minimum absolute atomic E-state index is 0.0456. The second kappa shape index (κ2) is 6.30. The SMILES string of the molecule is Cc1cccc(Oc2ccc(Cc3sc(=O)[nH]c3O)cc2)c1C. The lowest BCUT2D eigenvalue weighted by molar-refractivity contribution is 0.451. The molecule has 0 bridgehead atoms. The van der Waals surface area contributed by atoms with Crippen LogP contribution >= 0.6 is 11.3 Å². The molecule has 0 amide bonds. The summed E-state index contributed by atoms with van der Waals surface area (Å²) in [7, 11) is 0. The van der Waals surface area contributed by atoms with Gasteiger partial charge in [0, 0.05) is 6.42 Å². The fourth-order valence-corrected chi connectivity index (χ4v) is 3.05. The molecule has 23 heavy (non-hydrogen) atoms. The summed E-state index contributed by atoms with van der Waals surface area (Å²) >= 11 is 1.03. The third-order valence-electron chi connectivity index (χ3n) is 3.77. The molecule has 0 aliphatic rings. The number of nitrogens with one attached hydrogen (secondary N) is 1. The van der Waals surface area contributed by atoms with E-state index in [0.29, 0.717) is 11.3 Å². The van der Waals surface area contributed by atoms with E-state index in [4.69, 9.17) is 4.74 Å². The van der Waals surface area contributed by atoms with Crippen molar-refractivity contribution in [3.05, 3.63) is 73.7 Å². The fourth-order valence-electron chi connectivity index (χ4n) is 2.29. The maximum Gasteiger partial charge on any atom is 0.307 e. The molecule has 1 heterocycles. The maximum atomic E-state index is 11.2. The molecule has 1 aromatic heterocycles. The molecule has 3 rings (SSSR count). The number of aryl methyl sites for hydroxylation is 1.